The van der Waals surface area contributed by atoms with Crippen LogP contribution in [0.4, 0.5) is 4.39 Å². The van der Waals surface area contributed by atoms with Gasteiger partial charge >= 0.3 is 0 Å². The zero-order chi connectivity index (χ0) is 6.41. The predicted octanol–water partition coefficient (Wildman–Crippen LogP) is 1.46. The van der Waals surface area contributed by atoms with E-state index in [1.54, 1.807) is 11.8 Å². The molecule has 0 rings (SSSR count). The van der Waals surface area contributed by atoms with Crippen molar-refractivity contribution in [1.29, 1.82) is 0 Å². The van der Waals surface area contributed by atoms with E-state index in [0.717, 1.165) is 5.75 Å². The highest BCUT2D eigenvalue weighted by Gasteiger charge is 1.91. The molecule has 0 saturated heterocycles. The van der Waals surface area contributed by atoms with Crippen molar-refractivity contribution in [2.75, 3.05) is 18.2 Å². The van der Waals surface area contributed by atoms with Gasteiger partial charge in [-0.25, -0.2) is 0 Å². The minimum absolute atomic E-state index is 0. The van der Waals surface area contributed by atoms with Gasteiger partial charge in [0.05, 0.1) is 6.67 Å². The first-order valence-corrected chi connectivity index (χ1v) is 3.82. The van der Waals surface area contributed by atoms with Crippen LogP contribution in [0.1, 0.15) is 6.92 Å². The number of thioether (sulfide) groups is 1. The summed E-state index contributed by atoms with van der Waals surface area (Å²) in [5.74, 6) is 1.45. The van der Waals surface area contributed by atoms with Crippen molar-refractivity contribution in [1.82, 2.24) is 0 Å². The molecule has 2 N–H and O–H groups in total. The van der Waals surface area contributed by atoms with Crippen LogP contribution in [-0.2, 0) is 0 Å². The maximum atomic E-state index is 11.4. The van der Waals surface area contributed by atoms with Crippen molar-refractivity contribution in [3.8, 4) is 0 Å². The fraction of sp³-hybridized carbons (Fsp3) is 1.00. The first-order chi connectivity index (χ1) is 3.77. The molecule has 1 nitrogen and oxygen atoms in total. The van der Waals surface area contributed by atoms with Crippen molar-refractivity contribution in [3.63, 3.8) is 0 Å². The smallest absolute Gasteiger partial charge is 0.0984 e. The van der Waals surface area contributed by atoms with E-state index in [-0.39, 0.29) is 25.1 Å². The minimum Gasteiger partial charge on any atom is -0.327 e. The molecule has 4 heteroatoms. The van der Waals surface area contributed by atoms with Gasteiger partial charge in [-0.05, 0) is 6.92 Å². The van der Waals surface area contributed by atoms with Gasteiger partial charge in [0.15, 0.2) is 0 Å². The molecular weight excluding hydrogens is 161 g/mol. The topological polar surface area (TPSA) is 26.0 Å². The lowest BCUT2D eigenvalue weighted by Crippen LogP contribution is -2.17. The number of hydrogen-bond donors (Lipinski definition) is 1. The molecule has 0 aliphatic heterocycles. The molecule has 0 aliphatic rings. The third-order valence-electron chi connectivity index (χ3n) is 0.602. The van der Waals surface area contributed by atoms with Gasteiger partial charge in [-0.2, -0.15) is 11.8 Å². The molecule has 58 valence electrons. The lowest BCUT2D eigenvalue weighted by molar-refractivity contribution is 0.532. The molecule has 0 aromatic carbocycles. The number of halogens is 2. The Labute approximate surface area is 66.0 Å². The van der Waals surface area contributed by atoms with Gasteiger partial charge in [0.25, 0.3) is 0 Å². The quantitative estimate of drug-likeness (QED) is 0.652. The number of hydrogen-bond acceptors (Lipinski definition) is 2. The average molecular weight is 174 g/mol. The summed E-state index contributed by atoms with van der Waals surface area (Å²) >= 11 is 1.56. The Morgan fingerprint density at radius 2 is 2.22 bits per heavy atom. The summed E-state index contributed by atoms with van der Waals surface area (Å²) in [6.07, 6.45) is 0. The largest absolute Gasteiger partial charge is 0.327 e. The summed E-state index contributed by atoms with van der Waals surface area (Å²) in [5.41, 5.74) is 5.39. The van der Waals surface area contributed by atoms with Gasteiger partial charge < -0.3 is 5.73 Å². The highest BCUT2D eigenvalue weighted by atomic mass is 35.5. The van der Waals surface area contributed by atoms with Crippen LogP contribution in [0.3, 0.4) is 0 Å². The molecule has 9 heavy (non-hydrogen) atoms. The zero-order valence-electron chi connectivity index (χ0n) is 5.47. The van der Waals surface area contributed by atoms with E-state index in [1.807, 2.05) is 6.92 Å². The summed E-state index contributed by atoms with van der Waals surface area (Å²) in [4.78, 5) is 0. The Balaban J connectivity index is 0. The van der Waals surface area contributed by atoms with Crippen LogP contribution < -0.4 is 5.73 Å². The third kappa shape index (κ3) is 11.9. The number of nitrogens with two attached hydrogens (primary N) is 1. The van der Waals surface area contributed by atoms with Crippen LogP contribution in [0.2, 0.25) is 0 Å². The maximum absolute atomic E-state index is 11.4. The Morgan fingerprint density at radius 3 is 2.56 bits per heavy atom. The molecular formula is C5H13ClFNS. The standard InChI is InChI=1S/C5H12FNS.ClH/c1-5(7)4-8-3-2-6;/h5H,2-4,7H2,1H3;1H/t5-;/m1./s1. The van der Waals surface area contributed by atoms with Crippen molar-refractivity contribution in [2.24, 2.45) is 5.73 Å². The normalized spacial score (nSPS) is 12.3. The summed E-state index contributed by atoms with van der Waals surface area (Å²) in [7, 11) is 0. The molecule has 0 aromatic rings. The fourth-order valence-electron chi connectivity index (χ4n) is 0.324. The van der Waals surface area contributed by atoms with E-state index in [0.29, 0.717) is 5.75 Å². The molecule has 0 spiro atoms. The van der Waals surface area contributed by atoms with Gasteiger partial charge in [-0.3, -0.25) is 4.39 Å². The van der Waals surface area contributed by atoms with E-state index < -0.39 is 0 Å². The van der Waals surface area contributed by atoms with Crippen LogP contribution in [0.15, 0.2) is 0 Å². The van der Waals surface area contributed by atoms with Crippen molar-refractivity contribution >= 4 is 24.2 Å². The average Bonchev–Trinajstić information content (AvgIpc) is 1.66. The van der Waals surface area contributed by atoms with Gasteiger partial charge in [-0.15, -0.1) is 12.4 Å². The molecule has 0 saturated carbocycles. The van der Waals surface area contributed by atoms with Crippen LogP contribution in [-0.4, -0.2) is 24.2 Å². The third-order valence-corrected chi connectivity index (χ3v) is 1.81. The molecule has 0 aliphatic carbocycles. The lowest BCUT2D eigenvalue weighted by Gasteiger charge is -2.00. The second kappa shape index (κ2) is 8.53. The number of alkyl halides is 1. The first-order valence-electron chi connectivity index (χ1n) is 2.66. The van der Waals surface area contributed by atoms with Crippen LogP contribution in [0.25, 0.3) is 0 Å². The zero-order valence-corrected chi connectivity index (χ0v) is 7.10. The summed E-state index contributed by atoms with van der Waals surface area (Å²) in [6.45, 7) is 1.68. The number of rotatable bonds is 4. The molecule has 0 bridgehead atoms. The molecule has 0 heterocycles. The van der Waals surface area contributed by atoms with E-state index >= 15 is 0 Å². The highest BCUT2D eigenvalue weighted by Crippen LogP contribution is 1.99. The Kier molecular flexibility index (Phi) is 11.6. The highest BCUT2D eigenvalue weighted by molar-refractivity contribution is 7.99. The SMILES string of the molecule is C[C@@H](N)CSCCF.Cl. The molecule has 0 fully saturated rings. The monoisotopic (exact) mass is 173 g/mol. The minimum atomic E-state index is -0.239. The Hall–Kier alpha value is 0.530. The Morgan fingerprint density at radius 1 is 1.67 bits per heavy atom. The predicted molar refractivity (Wildman–Crippen MR) is 44.2 cm³/mol. The van der Waals surface area contributed by atoms with Crippen LogP contribution in [0, 0.1) is 0 Å². The van der Waals surface area contributed by atoms with Gasteiger partial charge in [0.1, 0.15) is 0 Å². The molecule has 1 atom stereocenters. The van der Waals surface area contributed by atoms with E-state index in [2.05, 4.69) is 0 Å². The van der Waals surface area contributed by atoms with Gasteiger partial charge in [0, 0.05) is 17.5 Å². The second-order valence-corrected chi connectivity index (χ2v) is 2.89. The molecule has 0 aromatic heterocycles. The maximum Gasteiger partial charge on any atom is 0.0984 e. The van der Waals surface area contributed by atoms with Crippen LogP contribution in [0.5, 0.6) is 0 Å². The fourth-order valence-corrected chi connectivity index (χ4v) is 0.971. The molecule has 0 unspecified atom stereocenters. The van der Waals surface area contributed by atoms with Crippen molar-refractivity contribution in [3.05, 3.63) is 0 Å². The van der Waals surface area contributed by atoms with Crippen LogP contribution >= 0.6 is 24.2 Å². The van der Waals surface area contributed by atoms with Gasteiger partial charge in [0.2, 0.25) is 0 Å². The summed E-state index contributed by atoms with van der Waals surface area (Å²) < 4.78 is 11.4. The first kappa shape index (κ1) is 12.2. The van der Waals surface area contributed by atoms with Crippen molar-refractivity contribution in [2.45, 2.75) is 13.0 Å². The molecule has 0 amide bonds. The molecule has 0 radical (unpaired) electrons. The Bertz CT molecular complexity index is 54.2. The van der Waals surface area contributed by atoms with Crippen molar-refractivity contribution < 1.29 is 4.39 Å². The second-order valence-electron chi connectivity index (χ2n) is 1.74. The summed E-state index contributed by atoms with van der Waals surface area (Å²) in [5, 5.41) is 0. The van der Waals surface area contributed by atoms with Gasteiger partial charge in [-0.1, -0.05) is 0 Å². The summed E-state index contributed by atoms with van der Waals surface area (Å²) in [6, 6.07) is 0.201. The van der Waals surface area contributed by atoms with E-state index in [1.165, 1.54) is 0 Å². The van der Waals surface area contributed by atoms with E-state index in [4.69, 9.17) is 5.73 Å². The lowest BCUT2D eigenvalue weighted by atomic mass is 10.4. The van der Waals surface area contributed by atoms with E-state index in [9.17, 15) is 4.39 Å².